The summed E-state index contributed by atoms with van der Waals surface area (Å²) >= 11 is 1.63. The van der Waals surface area contributed by atoms with E-state index in [0.717, 1.165) is 5.75 Å². The van der Waals surface area contributed by atoms with Crippen LogP contribution in [-0.4, -0.2) is 35.9 Å². The molecule has 0 aromatic rings. The molecule has 16 heavy (non-hydrogen) atoms. The van der Waals surface area contributed by atoms with Crippen LogP contribution in [0.15, 0.2) is 0 Å². The molecule has 0 aliphatic rings. The van der Waals surface area contributed by atoms with E-state index in [4.69, 9.17) is 11.5 Å². The third kappa shape index (κ3) is 5.37. The summed E-state index contributed by atoms with van der Waals surface area (Å²) in [5, 5.41) is 2.58. The average molecular weight is 247 g/mol. The molecule has 5 N–H and O–H groups in total. The van der Waals surface area contributed by atoms with Crippen LogP contribution in [0.3, 0.4) is 0 Å². The minimum absolute atomic E-state index is 0.0331. The maximum Gasteiger partial charge on any atom is 0.240 e. The van der Waals surface area contributed by atoms with Crippen LogP contribution in [0.1, 0.15) is 20.3 Å². The lowest BCUT2D eigenvalue weighted by Crippen LogP contribution is -2.52. The molecule has 0 bridgehead atoms. The van der Waals surface area contributed by atoms with Gasteiger partial charge in [0.15, 0.2) is 0 Å². The minimum atomic E-state index is -0.646. The molecule has 0 radical (unpaired) electrons. The zero-order valence-corrected chi connectivity index (χ0v) is 10.8. The van der Waals surface area contributed by atoms with E-state index < -0.39 is 18.0 Å². The summed E-state index contributed by atoms with van der Waals surface area (Å²) in [7, 11) is 0. The summed E-state index contributed by atoms with van der Waals surface area (Å²) in [6.07, 6.45) is 2.54. The van der Waals surface area contributed by atoms with E-state index in [1.165, 1.54) is 0 Å². The Morgan fingerprint density at radius 1 is 1.38 bits per heavy atom. The fourth-order valence-electron chi connectivity index (χ4n) is 1.20. The minimum Gasteiger partial charge on any atom is -0.368 e. The molecular formula is C10H21N3O2S. The molecule has 0 aromatic heterocycles. The Kier molecular flexibility index (Phi) is 7.16. The lowest BCUT2D eigenvalue weighted by atomic mass is 10.0. The van der Waals surface area contributed by atoms with Crippen LogP contribution in [-0.2, 0) is 9.59 Å². The van der Waals surface area contributed by atoms with Crippen molar-refractivity contribution in [3.05, 3.63) is 0 Å². The van der Waals surface area contributed by atoms with Crippen molar-refractivity contribution >= 4 is 23.6 Å². The van der Waals surface area contributed by atoms with Gasteiger partial charge in [0.2, 0.25) is 11.8 Å². The first-order valence-electron chi connectivity index (χ1n) is 5.24. The van der Waals surface area contributed by atoms with E-state index >= 15 is 0 Å². The number of hydrogen-bond donors (Lipinski definition) is 3. The van der Waals surface area contributed by atoms with Crippen molar-refractivity contribution in [3.8, 4) is 0 Å². The average Bonchev–Trinajstić information content (AvgIpc) is 2.20. The number of rotatable bonds is 7. The molecule has 2 atom stereocenters. The second-order valence-corrected chi connectivity index (χ2v) is 5.01. The summed E-state index contributed by atoms with van der Waals surface area (Å²) in [5.41, 5.74) is 10.9. The molecule has 0 aliphatic carbocycles. The fourth-order valence-corrected chi connectivity index (χ4v) is 1.69. The highest BCUT2D eigenvalue weighted by molar-refractivity contribution is 7.98. The molecule has 0 spiro atoms. The van der Waals surface area contributed by atoms with E-state index in [-0.39, 0.29) is 11.8 Å². The van der Waals surface area contributed by atoms with E-state index in [1.807, 2.05) is 20.1 Å². The summed E-state index contributed by atoms with van der Waals surface area (Å²) in [5.74, 6) is -0.0570. The third-order valence-electron chi connectivity index (χ3n) is 2.24. The standard InChI is InChI=1S/C10H21N3O2S/c1-6(2)8(9(12)14)13-10(15)7(11)4-5-16-3/h6-8H,4-5,11H2,1-3H3,(H2,12,14)(H,13,15)/t7-,8?/m1/s1. The van der Waals surface area contributed by atoms with Gasteiger partial charge in [-0.3, -0.25) is 9.59 Å². The molecule has 0 heterocycles. The van der Waals surface area contributed by atoms with E-state index in [1.54, 1.807) is 11.8 Å². The maximum atomic E-state index is 11.6. The van der Waals surface area contributed by atoms with Crippen molar-refractivity contribution in [2.24, 2.45) is 17.4 Å². The SMILES string of the molecule is CSCC[C@@H](N)C(=O)NC(C(N)=O)C(C)C. The maximum absolute atomic E-state index is 11.6. The van der Waals surface area contributed by atoms with Crippen LogP contribution in [0.25, 0.3) is 0 Å². The van der Waals surface area contributed by atoms with Gasteiger partial charge in [-0.2, -0.15) is 11.8 Å². The van der Waals surface area contributed by atoms with E-state index in [0.29, 0.717) is 6.42 Å². The molecule has 0 rings (SSSR count). The first-order valence-corrected chi connectivity index (χ1v) is 6.63. The van der Waals surface area contributed by atoms with E-state index in [2.05, 4.69) is 5.32 Å². The number of hydrogen-bond acceptors (Lipinski definition) is 4. The quantitative estimate of drug-likeness (QED) is 0.575. The van der Waals surface area contributed by atoms with Crippen LogP contribution in [0.2, 0.25) is 0 Å². The van der Waals surface area contributed by atoms with Gasteiger partial charge in [0.1, 0.15) is 6.04 Å². The number of carbonyl (C=O) groups excluding carboxylic acids is 2. The summed E-state index contributed by atoms with van der Waals surface area (Å²) in [6.45, 7) is 3.65. The number of carbonyl (C=O) groups is 2. The Hall–Kier alpha value is -0.750. The number of primary amides is 1. The van der Waals surface area contributed by atoms with Crippen molar-refractivity contribution in [2.45, 2.75) is 32.4 Å². The van der Waals surface area contributed by atoms with Crippen LogP contribution in [0.4, 0.5) is 0 Å². The predicted molar refractivity (Wildman–Crippen MR) is 66.9 cm³/mol. The first-order chi connectivity index (χ1) is 7.40. The zero-order chi connectivity index (χ0) is 12.7. The Morgan fingerprint density at radius 2 is 1.94 bits per heavy atom. The monoisotopic (exact) mass is 247 g/mol. The van der Waals surface area contributed by atoms with Crippen LogP contribution < -0.4 is 16.8 Å². The highest BCUT2D eigenvalue weighted by atomic mass is 32.2. The van der Waals surface area contributed by atoms with Crippen LogP contribution in [0, 0.1) is 5.92 Å². The predicted octanol–water partition coefficient (Wildman–Crippen LogP) is -0.307. The van der Waals surface area contributed by atoms with Crippen molar-refractivity contribution < 1.29 is 9.59 Å². The van der Waals surface area contributed by atoms with Crippen molar-refractivity contribution in [3.63, 3.8) is 0 Å². The van der Waals surface area contributed by atoms with Gasteiger partial charge in [-0.25, -0.2) is 0 Å². The Labute approximate surface area is 101 Å². The zero-order valence-electron chi connectivity index (χ0n) is 10.0. The summed E-state index contributed by atoms with van der Waals surface area (Å²) in [4.78, 5) is 22.7. The molecule has 2 amide bonds. The molecule has 0 aromatic carbocycles. The van der Waals surface area contributed by atoms with Crippen molar-refractivity contribution in [2.75, 3.05) is 12.0 Å². The van der Waals surface area contributed by atoms with Gasteiger partial charge >= 0.3 is 0 Å². The second-order valence-electron chi connectivity index (χ2n) is 4.02. The Balaban J connectivity index is 4.24. The largest absolute Gasteiger partial charge is 0.368 e. The Bertz CT molecular complexity index is 246. The number of thioether (sulfide) groups is 1. The van der Waals surface area contributed by atoms with E-state index in [9.17, 15) is 9.59 Å². The number of nitrogens with one attached hydrogen (secondary N) is 1. The molecular weight excluding hydrogens is 226 g/mol. The van der Waals surface area contributed by atoms with Gasteiger partial charge in [0.05, 0.1) is 6.04 Å². The fraction of sp³-hybridized carbons (Fsp3) is 0.800. The van der Waals surface area contributed by atoms with Crippen LogP contribution >= 0.6 is 11.8 Å². The van der Waals surface area contributed by atoms with Gasteiger partial charge in [-0.05, 0) is 24.3 Å². The first kappa shape index (κ1) is 15.2. The van der Waals surface area contributed by atoms with Gasteiger partial charge < -0.3 is 16.8 Å². The van der Waals surface area contributed by atoms with Gasteiger partial charge in [0, 0.05) is 0 Å². The molecule has 0 saturated heterocycles. The Morgan fingerprint density at radius 3 is 2.31 bits per heavy atom. The second kappa shape index (κ2) is 7.51. The highest BCUT2D eigenvalue weighted by Crippen LogP contribution is 2.03. The highest BCUT2D eigenvalue weighted by Gasteiger charge is 2.24. The molecule has 0 saturated carbocycles. The third-order valence-corrected chi connectivity index (χ3v) is 2.88. The van der Waals surface area contributed by atoms with Crippen molar-refractivity contribution in [1.82, 2.24) is 5.32 Å². The van der Waals surface area contributed by atoms with Crippen molar-refractivity contribution in [1.29, 1.82) is 0 Å². The molecule has 5 nitrogen and oxygen atoms in total. The molecule has 0 aliphatic heterocycles. The number of nitrogens with two attached hydrogens (primary N) is 2. The normalized spacial score (nSPS) is 14.6. The van der Waals surface area contributed by atoms with Gasteiger partial charge in [0.25, 0.3) is 0 Å². The molecule has 1 unspecified atom stereocenters. The lowest BCUT2D eigenvalue weighted by molar-refractivity contribution is -0.129. The molecule has 0 fully saturated rings. The smallest absolute Gasteiger partial charge is 0.240 e. The van der Waals surface area contributed by atoms with Gasteiger partial charge in [-0.15, -0.1) is 0 Å². The molecule has 94 valence electrons. The van der Waals surface area contributed by atoms with Gasteiger partial charge in [-0.1, -0.05) is 13.8 Å². The van der Waals surface area contributed by atoms with Crippen LogP contribution in [0.5, 0.6) is 0 Å². The summed E-state index contributed by atoms with van der Waals surface area (Å²) in [6, 6.07) is -1.22. The lowest BCUT2D eigenvalue weighted by Gasteiger charge is -2.21. The number of amides is 2. The molecule has 6 heteroatoms. The topological polar surface area (TPSA) is 98.2 Å². The summed E-state index contributed by atoms with van der Waals surface area (Å²) < 4.78 is 0.